The lowest BCUT2D eigenvalue weighted by Gasteiger charge is -2.20. The summed E-state index contributed by atoms with van der Waals surface area (Å²) in [6.07, 6.45) is 2.56. The summed E-state index contributed by atoms with van der Waals surface area (Å²) < 4.78 is 20.7. The molecule has 0 amide bonds. The van der Waals surface area contributed by atoms with E-state index in [1.807, 2.05) is 108 Å². The normalized spacial score (nSPS) is 10.7. The van der Waals surface area contributed by atoms with E-state index in [9.17, 15) is 19.6 Å². The van der Waals surface area contributed by atoms with Crippen LogP contribution in [0.3, 0.4) is 0 Å². The van der Waals surface area contributed by atoms with Crippen LogP contribution in [0.2, 0.25) is 0 Å². The Morgan fingerprint density at radius 2 is 1.20 bits per heavy atom. The highest BCUT2D eigenvalue weighted by Crippen LogP contribution is 2.33. The van der Waals surface area contributed by atoms with E-state index in [4.69, 9.17) is 67.3 Å². The summed E-state index contributed by atoms with van der Waals surface area (Å²) in [6.45, 7) is 9.49. The average molecular weight is 981 g/mol. The van der Waals surface area contributed by atoms with E-state index in [2.05, 4.69) is 10.9 Å². The molecule has 0 saturated heterocycles. The van der Waals surface area contributed by atoms with Crippen LogP contribution < -0.4 is 0 Å². The van der Waals surface area contributed by atoms with Crippen LogP contribution in [0.4, 0.5) is 0 Å². The molecule has 0 aliphatic carbocycles. The first-order chi connectivity index (χ1) is 28.9. The van der Waals surface area contributed by atoms with Crippen LogP contribution in [-0.4, -0.2) is 105 Å². The quantitative estimate of drug-likeness (QED) is 0.0497. The molecule has 18 heteroatoms. The van der Waals surface area contributed by atoms with Gasteiger partial charge in [0.2, 0.25) is 0 Å². The van der Waals surface area contributed by atoms with Crippen molar-refractivity contribution in [1.29, 1.82) is 5.26 Å². The number of methoxy groups -OCH3 is 2. The lowest BCUT2D eigenvalue weighted by atomic mass is 10.1. The Labute approximate surface area is 398 Å². The molecule has 61 heavy (non-hydrogen) atoms. The SMILES string of the molecule is C.COCCOC(=O)CCC(C)(C#N)SC(=S)c1ccccc1.COCCOC(=O)CSC(=S)c1ccccc1.O=C(O)CSC(=S)c1ccccc1.[C-]#[N+]CSC=CSC. The summed E-state index contributed by atoms with van der Waals surface area (Å²) in [5.74, 6) is -0.652. The van der Waals surface area contributed by atoms with Crippen molar-refractivity contribution in [2.24, 2.45) is 0 Å². The van der Waals surface area contributed by atoms with Crippen LogP contribution >= 0.6 is 95.5 Å². The van der Waals surface area contributed by atoms with Crippen LogP contribution in [0, 0.1) is 17.9 Å². The van der Waals surface area contributed by atoms with E-state index < -0.39 is 10.7 Å². The smallest absolute Gasteiger partial charge is 0.316 e. The second-order valence-electron chi connectivity index (χ2n) is 11.3. The van der Waals surface area contributed by atoms with Crippen LogP contribution in [-0.2, 0) is 33.3 Å². The third-order valence-corrected chi connectivity index (χ3v) is 12.4. The summed E-state index contributed by atoms with van der Waals surface area (Å²) in [5.41, 5.74) is 2.77. The number of carboxylic acids is 1. The van der Waals surface area contributed by atoms with Gasteiger partial charge < -0.3 is 28.9 Å². The maximum atomic E-state index is 11.6. The van der Waals surface area contributed by atoms with Gasteiger partial charge in [-0.25, -0.2) is 6.57 Å². The average Bonchev–Trinajstić information content (AvgIpc) is 3.27. The van der Waals surface area contributed by atoms with Crippen molar-refractivity contribution < 1.29 is 38.4 Å². The number of carbonyl (C=O) groups is 3. The Balaban J connectivity index is 0. The Bertz CT molecular complexity index is 1830. The summed E-state index contributed by atoms with van der Waals surface area (Å²) in [4.78, 5) is 36.3. The number of rotatable bonds is 20. The number of thioether (sulfide) groups is 5. The summed E-state index contributed by atoms with van der Waals surface area (Å²) in [7, 11) is 3.11. The van der Waals surface area contributed by atoms with Crippen LogP contribution in [0.15, 0.2) is 102 Å². The molecule has 0 heterocycles. The number of hydrogen-bond acceptors (Lipinski definition) is 16. The monoisotopic (exact) mass is 980 g/mol. The minimum absolute atomic E-state index is 0. The van der Waals surface area contributed by atoms with E-state index in [0.717, 1.165) is 16.7 Å². The van der Waals surface area contributed by atoms with Crippen molar-refractivity contribution in [2.45, 2.75) is 31.9 Å². The first kappa shape index (κ1) is 59.8. The number of carboxylic acid groups (broad SMARTS) is 1. The Kier molecular flexibility index (Phi) is 38.8. The van der Waals surface area contributed by atoms with Gasteiger partial charge >= 0.3 is 17.9 Å². The lowest BCUT2D eigenvalue weighted by molar-refractivity contribution is -0.145. The van der Waals surface area contributed by atoms with Crippen molar-refractivity contribution in [1.82, 2.24) is 0 Å². The van der Waals surface area contributed by atoms with Crippen molar-refractivity contribution in [2.75, 3.05) is 64.3 Å². The molecule has 3 aromatic rings. The van der Waals surface area contributed by atoms with Gasteiger partial charge in [-0.05, 0) is 58.9 Å². The zero-order valence-corrected chi connectivity index (χ0v) is 40.2. The third kappa shape index (κ3) is 33.0. The molecule has 0 fully saturated rings. The molecule has 0 saturated carbocycles. The fourth-order valence-corrected chi connectivity index (χ4v) is 7.98. The molecule has 3 rings (SSSR count). The van der Waals surface area contributed by atoms with Crippen LogP contribution in [0.1, 0.15) is 43.9 Å². The van der Waals surface area contributed by atoms with Gasteiger partial charge in [-0.2, -0.15) is 5.26 Å². The molecule has 0 spiro atoms. The van der Waals surface area contributed by atoms with Gasteiger partial charge in [-0.3, -0.25) is 14.4 Å². The van der Waals surface area contributed by atoms with E-state index in [1.54, 1.807) is 32.9 Å². The minimum Gasteiger partial charge on any atom is -0.481 e. The number of esters is 2. The summed E-state index contributed by atoms with van der Waals surface area (Å²) in [6, 6.07) is 30.8. The van der Waals surface area contributed by atoms with E-state index in [0.29, 0.717) is 38.1 Å². The molecule has 1 N–H and O–H groups in total. The fourth-order valence-electron chi connectivity index (χ4n) is 3.64. The highest BCUT2D eigenvalue weighted by atomic mass is 32.2. The van der Waals surface area contributed by atoms with Gasteiger partial charge in [-0.15, -0.1) is 35.3 Å². The molecule has 10 nitrogen and oxygen atoms in total. The van der Waals surface area contributed by atoms with Crippen molar-refractivity contribution in [3.05, 3.63) is 130 Å². The second-order valence-corrected chi connectivity index (χ2v) is 18.4. The Hall–Kier alpha value is -3.27. The first-order valence-electron chi connectivity index (χ1n) is 17.6. The Morgan fingerprint density at radius 3 is 1.61 bits per heavy atom. The standard InChI is InChI=1S/C16H19NO3S2.C12H14O3S2.C9H8O2S2.C5H7NS2.CH4/c1-16(12-17,9-8-14(18)20-11-10-19-2)22-15(21)13-6-4-3-5-7-13;1-14-7-8-15-11(13)9-17-12(16)10-5-3-2-4-6-10;10-8(11)6-13-9(12)7-4-2-1-3-5-7;1-6-5-8-4-3-7-2;/h3-7H,8-11H2,1-2H3;2-6H,7-9H2,1H3;1-5H,6H2,(H,10,11);3-4H,5H2,2H3;1H4. The molecule has 0 aliphatic rings. The Morgan fingerprint density at radius 1 is 0.754 bits per heavy atom. The number of benzene rings is 3. The lowest BCUT2D eigenvalue weighted by Crippen LogP contribution is -2.22. The van der Waals surface area contributed by atoms with Crippen molar-refractivity contribution >= 4 is 126 Å². The van der Waals surface area contributed by atoms with Gasteiger partial charge in [0.25, 0.3) is 5.88 Å². The fraction of sp³-hybridized carbons (Fsp3) is 0.349. The number of carbonyl (C=O) groups excluding carboxylic acids is 2. The van der Waals surface area contributed by atoms with Gasteiger partial charge in [0.15, 0.2) is 0 Å². The molecule has 0 aromatic heterocycles. The van der Waals surface area contributed by atoms with Crippen LogP contribution in [0.25, 0.3) is 4.85 Å². The predicted octanol–water partition coefficient (Wildman–Crippen LogP) is 10.9. The predicted molar refractivity (Wildman–Crippen MR) is 272 cm³/mol. The zero-order valence-electron chi connectivity index (χ0n) is 33.6. The first-order valence-corrected chi connectivity index (χ1v) is 24.0. The van der Waals surface area contributed by atoms with Crippen molar-refractivity contribution in [3.8, 4) is 6.07 Å². The third-order valence-electron chi connectivity index (χ3n) is 6.56. The number of ether oxygens (including phenoxy) is 4. The van der Waals surface area contributed by atoms with Gasteiger partial charge in [-0.1, -0.05) is 147 Å². The molecule has 1 unspecified atom stereocenters. The number of thiocarbonyl (C=S) groups is 3. The number of hydrogen-bond donors (Lipinski definition) is 1. The maximum absolute atomic E-state index is 11.6. The number of nitriles is 1. The molecular formula is C43H52N2O8S8. The molecule has 1 atom stereocenters. The molecule has 3 aromatic carbocycles. The largest absolute Gasteiger partial charge is 0.481 e. The number of aliphatic carboxylic acids is 1. The van der Waals surface area contributed by atoms with E-state index in [-0.39, 0.29) is 50.5 Å². The highest BCUT2D eigenvalue weighted by molar-refractivity contribution is 8.25. The molecule has 0 bridgehead atoms. The number of nitrogens with zero attached hydrogens (tertiary/aromatic N) is 2. The minimum atomic E-state index is -0.844. The van der Waals surface area contributed by atoms with E-state index >= 15 is 0 Å². The second kappa shape index (κ2) is 39.6. The van der Waals surface area contributed by atoms with Gasteiger partial charge in [0.1, 0.15) is 18.0 Å². The van der Waals surface area contributed by atoms with Crippen LogP contribution in [0.5, 0.6) is 0 Å². The zero-order chi connectivity index (χ0) is 44.9. The topological polar surface area (TPSA) is 137 Å². The van der Waals surface area contributed by atoms with Crippen molar-refractivity contribution in [3.63, 3.8) is 0 Å². The van der Waals surface area contributed by atoms with Gasteiger partial charge in [0, 0.05) is 20.6 Å². The summed E-state index contributed by atoms with van der Waals surface area (Å²) in [5, 5.41) is 21.7. The summed E-state index contributed by atoms with van der Waals surface area (Å²) >= 11 is 22.6. The molecule has 330 valence electrons. The maximum Gasteiger partial charge on any atom is 0.316 e. The molecule has 0 aliphatic heterocycles. The molecular weight excluding hydrogens is 929 g/mol. The molecule has 0 radical (unpaired) electrons. The van der Waals surface area contributed by atoms with Gasteiger partial charge in [0.05, 0.1) is 43.4 Å². The van der Waals surface area contributed by atoms with E-state index in [1.165, 1.54) is 47.0 Å². The highest BCUT2D eigenvalue weighted by Gasteiger charge is 2.28.